The van der Waals surface area contributed by atoms with E-state index in [1.807, 2.05) is 12.4 Å². The minimum absolute atomic E-state index is 0.229. The van der Waals surface area contributed by atoms with Gasteiger partial charge in [-0.3, -0.25) is 4.98 Å². The van der Waals surface area contributed by atoms with E-state index in [0.29, 0.717) is 0 Å². The Balaban J connectivity index is 2.09. The zero-order chi connectivity index (χ0) is 14.7. The lowest BCUT2D eigenvalue weighted by atomic mass is 9.99. The number of pyridine rings is 1. The Labute approximate surface area is 137 Å². The predicted octanol–water partition coefficient (Wildman–Crippen LogP) is 5.15. The predicted molar refractivity (Wildman–Crippen MR) is 93.9 cm³/mol. The number of thiophene rings is 1. The van der Waals surface area contributed by atoms with E-state index >= 15 is 0 Å². The second-order valence-electron chi connectivity index (χ2n) is 5.00. The summed E-state index contributed by atoms with van der Waals surface area (Å²) in [7, 11) is 0. The van der Waals surface area contributed by atoms with Crippen LogP contribution >= 0.6 is 27.3 Å². The third-order valence-electron chi connectivity index (χ3n) is 3.50. The van der Waals surface area contributed by atoms with Crippen molar-refractivity contribution in [3.63, 3.8) is 0 Å². The van der Waals surface area contributed by atoms with Crippen LogP contribution in [0.4, 0.5) is 0 Å². The van der Waals surface area contributed by atoms with Crippen molar-refractivity contribution < 1.29 is 0 Å². The molecule has 2 heterocycles. The van der Waals surface area contributed by atoms with Crippen LogP contribution in [0.25, 0.3) is 10.8 Å². The summed E-state index contributed by atoms with van der Waals surface area (Å²) in [5, 5.41) is 8.28. The third kappa shape index (κ3) is 3.18. The molecule has 0 aliphatic heterocycles. The molecule has 0 saturated heterocycles. The molecule has 0 fully saturated rings. The Morgan fingerprint density at radius 2 is 2.24 bits per heavy atom. The minimum Gasteiger partial charge on any atom is -0.306 e. The van der Waals surface area contributed by atoms with Crippen LogP contribution in [0.2, 0.25) is 0 Å². The van der Waals surface area contributed by atoms with Crippen molar-refractivity contribution >= 4 is 38.0 Å². The first-order chi connectivity index (χ1) is 10.3. The first kappa shape index (κ1) is 14.7. The second kappa shape index (κ2) is 6.69. The molecule has 2 nitrogen and oxygen atoms in total. The van der Waals surface area contributed by atoms with E-state index < -0.39 is 0 Å². The lowest BCUT2D eigenvalue weighted by Crippen LogP contribution is -2.22. The Kier molecular flexibility index (Phi) is 4.68. The molecule has 0 amide bonds. The van der Waals surface area contributed by atoms with Crippen LogP contribution in [0, 0.1) is 0 Å². The molecular formula is C17H17BrN2S. The molecule has 0 aliphatic rings. The molecule has 108 valence electrons. The number of aromatic nitrogens is 1. The van der Waals surface area contributed by atoms with Crippen LogP contribution in [0.1, 0.15) is 29.8 Å². The SMILES string of the molecule is CCCNC(c1cc(Br)cs1)c1cccc2cnccc12. The molecule has 0 spiro atoms. The molecule has 4 heteroatoms. The Hall–Kier alpha value is -1.23. The van der Waals surface area contributed by atoms with Gasteiger partial charge in [0.1, 0.15) is 0 Å². The van der Waals surface area contributed by atoms with E-state index in [2.05, 4.69) is 68.9 Å². The van der Waals surface area contributed by atoms with Gasteiger partial charge in [0.05, 0.1) is 6.04 Å². The first-order valence-corrected chi connectivity index (χ1v) is 8.77. The molecule has 2 aromatic heterocycles. The maximum absolute atomic E-state index is 4.23. The number of benzene rings is 1. The number of hydrogen-bond donors (Lipinski definition) is 1. The van der Waals surface area contributed by atoms with E-state index in [0.717, 1.165) is 17.4 Å². The van der Waals surface area contributed by atoms with Gasteiger partial charge in [0.15, 0.2) is 0 Å². The van der Waals surface area contributed by atoms with Crippen LogP contribution in [-0.2, 0) is 0 Å². The summed E-state index contributed by atoms with van der Waals surface area (Å²) < 4.78 is 1.15. The van der Waals surface area contributed by atoms with Gasteiger partial charge in [-0.1, -0.05) is 25.1 Å². The van der Waals surface area contributed by atoms with Crippen LogP contribution in [0.5, 0.6) is 0 Å². The average molecular weight is 361 g/mol. The zero-order valence-electron chi connectivity index (χ0n) is 11.8. The average Bonchev–Trinajstić information content (AvgIpc) is 2.94. The molecule has 1 atom stereocenters. The molecule has 1 N–H and O–H groups in total. The highest BCUT2D eigenvalue weighted by Gasteiger charge is 2.17. The number of nitrogens with zero attached hydrogens (tertiary/aromatic N) is 1. The van der Waals surface area contributed by atoms with Gasteiger partial charge in [-0.2, -0.15) is 0 Å². The van der Waals surface area contributed by atoms with Gasteiger partial charge in [0.25, 0.3) is 0 Å². The smallest absolute Gasteiger partial charge is 0.0677 e. The fraction of sp³-hybridized carbons (Fsp3) is 0.235. The van der Waals surface area contributed by atoms with Crippen molar-refractivity contribution in [3.05, 3.63) is 63.0 Å². The van der Waals surface area contributed by atoms with E-state index in [-0.39, 0.29) is 6.04 Å². The van der Waals surface area contributed by atoms with Gasteiger partial charge < -0.3 is 5.32 Å². The van der Waals surface area contributed by atoms with Gasteiger partial charge in [-0.25, -0.2) is 0 Å². The Morgan fingerprint density at radius 3 is 3.00 bits per heavy atom. The van der Waals surface area contributed by atoms with Crippen LogP contribution in [-0.4, -0.2) is 11.5 Å². The molecule has 21 heavy (non-hydrogen) atoms. The van der Waals surface area contributed by atoms with Crippen molar-refractivity contribution in [3.8, 4) is 0 Å². The number of hydrogen-bond acceptors (Lipinski definition) is 3. The Bertz CT molecular complexity index is 733. The normalized spacial score (nSPS) is 12.7. The molecule has 0 bridgehead atoms. The number of rotatable bonds is 5. The highest BCUT2D eigenvalue weighted by atomic mass is 79.9. The number of halogens is 1. The molecule has 1 aromatic carbocycles. The molecule has 0 aliphatic carbocycles. The number of fused-ring (bicyclic) bond motifs is 1. The van der Waals surface area contributed by atoms with Gasteiger partial charge >= 0.3 is 0 Å². The molecule has 3 aromatic rings. The monoisotopic (exact) mass is 360 g/mol. The lowest BCUT2D eigenvalue weighted by Gasteiger charge is -2.19. The van der Waals surface area contributed by atoms with Crippen molar-refractivity contribution in [2.45, 2.75) is 19.4 Å². The minimum atomic E-state index is 0.229. The van der Waals surface area contributed by atoms with Crippen molar-refractivity contribution in [2.75, 3.05) is 6.54 Å². The van der Waals surface area contributed by atoms with Crippen LogP contribution in [0.15, 0.2) is 52.6 Å². The maximum atomic E-state index is 4.23. The zero-order valence-corrected chi connectivity index (χ0v) is 14.2. The summed E-state index contributed by atoms with van der Waals surface area (Å²) in [6, 6.07) is 11.0. The quantitative estimate of drug-likeness (QED) is 0.680. The maximum Gasteiger partial charge on any atom is 0.0677 e. The largest absolute Gasteiger partial charge is 0.306 e. The topological polar surface area (TPSA) is 24.9 Å². The summed E-state index contributed by atoms with van der Waals surface area (Å²) in [5.74, 6) is 0. The fourth-order valence-corrected chi connectivity index (χ4v) is 4.07. The standard InChI is InChI=1S/C17H17BrN2S/c1-2-7-20-17(16-9-13(18)11-21-16)15-5-3-4-12-10-19-8-6-14(12)15/h3-6,8-11,17,20H,2,7H2,1H3. The fourth-order valence-electron chi connectivity index (χ4n) is 2.53. The van der Waals surface area contributed by atoms with Crippen LogP contribution < -0.4 is 5.32 Å². The third-order valence-corrected chi connectivity index (χ3v) is 5.25. The summed E-state index contributed by atoms with van der Waals surface area (Å²) in [5.41, 5.74) is 1.32. The Morgan fingerprint density at radius 1 is 1.33 bits per heavy atom. The summed E-state index contributed by atoms with van der Waals surface area (Å²) in [6.07, 6.45) is 4.92. The van der Waals surface area contributed by atoms with Gasteiger partial charge in [0.2, 0.25) is 0 Å². The van der Waals surface area contributed by atoms with Crippen molar-refractivity contribution in [1.82, 2.24) is 10.3 Å². The molecule has 3 rings (SSSR count). The van der Waals surface area contributed by atoms with Gasteiger partial charge in [-0.05, 0) is 52.0 Å². The highest BCUT2D eigenvalue weighted by Crippen LogP contribution is 2.33. The van der Waals surface area contributed by atoms with E-state index in [4.69, 9.17) is 0 Å². The van der Waals surface area contributed by atoms with E-state index in [9.17, 15) is 0 Å². The summed E-state index contributed by atoms with van der Waals surface area (Å²) >= 11 is 5.35. The van der Waals surface area contributed by atoms with Crippen molar-refractivity contribution in [1.29, 1.82) is 0 Å². The lowest BCUT2D eigenvalue weighted by molar-refractivity contribution is 0.609. The molecule has 0 radical (unpaired) electrons. The summed E-state index contributed by atoms with van der Waals surface area (Å²) in [6.45, 7) is 3.20. The molecule has 1 unspecified atom stereocenters. The van der Waals surface area contributed by atoms with Crippen molar-refractivity contribution in [2.24, 2.45) is 0 Å². The molecular weight excluding hydrogens is 344 g/mol. The highest BCUT2D eigenvalue weighted by molar-refractivity contribution is 9.10. The summed E-state index contributed by atoms with van der Waals surface area (Å²) in [4.78, 5) is 5.56. The van der Waals surface area contributed by atoms with E-state index in [1.165, 1.54) is 21.2 Å². The number of nitrogens with one attached hydrogen (secondary N) is 1. The van der Waals surface area contributed by atoms with Gasteiger partial charge in [0, 0.05) is 32.5 Å². The first-order valence-electron chi connectivity index (χ1n) is 7.09. The van der Waals surface area contributed by atoms with Crippen LogP contribution in [0.3, 0.4) is 0 Å². The van der Waals surface area contributed by atoms with E-state index in [1.54, 1.807) is 11.3 Å². The molecule has 0 saturated carbocycles. The second-order valence-corrected chi connectivity index (χ2v) is 6.86. The van der Waals surface area contributed by atoms with Gasteiger partial charge in [-0.15, -0.1) is 11.3 Å².